The molecule has 0 nitrogen and oxygen atoms in total. The van der Waals surface area contributed by atoms with Crippen molar-refractivity contribution in [3.8, 4) is 0 Å². The van der Waals surface area contributed by atoms with Crippen molar-refractivity contribution >= 4 is 14.1 Å². The second-order valence-electron chi connectivity index (χ2n) is 5.38. The molecule has 0 amide bonds. The van der Waals surface area contributed by atoms with Crippen molar-refractivity contribution in [1.29, 1.82) is 0 Å². The Morgan fingerprint density at radius 3 is 1.44 bits per heavy atom. The van der Waals surface area contributed by atoms with Crippen molar-refractivity contribution in [1.82, 2.24) is 0 Å². The summed E-state index contributed by atoms with van der Waals surface area (Å²) in [4.78, 5) is 0. The molecule has 2 aromatic rings. The van der Waals surface area contributed by atoms with Crippen LogP contribution in [0.15, 0.2) is 60.7 Å². The zero-order chi connectivity index (χ0) is 12.8. The van der Waals surface area contributed by atoms with E-state index in [9.17, 15) is 0 Å². The van der Waals surface area contributed by atoms with Crippen LogP contribution in [-0.4, -0.2) is 14.1 Å². The third-order valence-electron chi connectivity index (χ3n) is 3.62. The highest BCUT2D eigenvalue weighted by molar-refractivity contribution is 6.59. The number of hydrogen-bond donors (Lipinski definition) is 0. The lowest BCUT2D eigenvalue weighted by atomic mass is 10.2. The summed E-state index contributed by atoms with van der Waals surface area (Å²) in [5.41, 5.74) is 3.03. The Kier molecular flexibility index (Phi) is 5.05. The molecule has 0 aliphatic carbocycles. The maximum absolute atomic E-state index is 2.39. The van der Waals surface area contributed by atoms with Crippen molar-refractivity contribution in [2.75, 3.05) is 0 Å². The minimum atomic E-state index is -0.760. The summed E-state index contributed by atoms with van der Waals surface area (Å²) < 4.78 is 0.852. The lowest BCUT2D eigenvalue weighted by Crippen LogP contribution is -2.24. The molecular weight excluding hydrogens is 231 g/mol. The zero-order valence-electron chi connectivity index (χ0n) is 11.3. The molecule has 0 unspecified atom stereocenters. The first kappa shape index (κ1) is 13.4. The van der Waals surface area contributed by atoms with E-state index < -0.39 is 14.1 Å². The van der Waals surface area contributed by atoms with Crippen molar-refractivity contribution in [2.24, 2.45) is 0 Å². The van der Waals surface area contributed by atoms with E-state index in [0.29, 0.717) is 0 Å². The predicted octanol–water partition coefficient (Wildman–Crippen LogP) is 4.46. The zero-order valence-corrected chi connectivity index (χ0v) is 12.5. The third-order valence-corrected chi connectivity index (χ3v) is 7.50. The van der Waals surface area contributed by atoms with E-state index in [0.717, 1.165) is 4.78 Å². The first-order valence-corrected chi connectivity index (χ1v) is 9.13. The molecule has 0 bridgehead atoms. The molecule has 2 aromatic carbocycles. The van der Waals surface area contributed by atoms with Gasteiger partial charge in [-0.05, 0) is 0 Å². The van der Waals surface area contributed by atoms with E-state index in [1.54, 1.807) is 0 Å². The standard InChI is InChI=1S/2C7H7.C3H7.Al/c2*1-7-5-3-2-4-6-7;1-3-2;/h2*2-6H,1H2;3H,1-2H3;. The average molecular weight is 252 g/mol. The summed E-state index contributed by atoms with van der Waals surface area (Å²) in [6.45, 7) is 4.78. The van der Waals surface area contributed by atoms with Gasteiger partial charge in [-0.2, -0.15) is 0 Å². The monoisotopic (exact) mass is 252 g/mol. The van der Waals surface area contributed by atoms with Crippen LogP contribution in [0.4, 0.5) is 0 Å². The lowest BCUT2D eigenvalue weighted by molar-refractivity contribution is 0.994. The van der Waals surface area contributed by atoms with Crippen LogP contribution in [0.5, 0.6) is 0 Å². The SMILES string of the molecule is C[CH](C)[Al]([CH2]c1ccccc1)[CH2]c1ccccc1. The van der Waals surface area contributed by atoms with Crippen LogP contribution in [0, 0.1) is 0 Å². The lowest BCUT2D eigenvalue weighted by Gasteiger charge is -2.16. The smallest absolute Gasteiger partial charge is 0.0872 e. The number of benzene rings is 2. The first-order chi connectivity index (χ1) is 8.75. The van der Waals surface area contributed by atoms with Gasteiger partial charge in [-0.15, -0.1) is 0 Å². The maximum Gasteiger partial charge on any atom is 0.275 e. The van der Waals surface area contributed by atoms with Crippen molar-refractivity contribution in [3.63, 3.8) is 0 Å². The molecule has 1 heteroatoms. The second kappa shape index (κ2) is 6.78. The molecule has 0 atom stereocenters. The van der Waals surface area contributed by atoms with Gasteiger partial charge in [0.2, 0.25) is 0 Å². The summed E-state index contributed by atoms with van der Waals surface area (Å²) in [5.74, 6) is 0. The van der Waals surface area contributed by atoms with Gasteiger partial charge in [-0.1, -0.05) is 101 Å². The highest BCUT2D eigenvalue weighted by Crippen LogP contribution is 2.17. The van der Waals surface area contributed by atoms with E-state index >= 15 is 0 Å². The average Bonchev–Trinajstić information content (AvgIpc) is 2.40. The van der Waals surface area contributed by atoms with E-state index in [1.807, 2.05) is 0 Å². The molecule has 18 heavy (non-hydrogen) atoms. The Hall–Kier alpha value is -1.03. The normalized spacial score (nSPS) is 10.6. The molecule has 0 aliphatic rings. The summed E-state index contributed by atoms with van der Waals surface area (Å²) >= 11 is -0.760. The fourth-order valence-electron chi connectivity index (χ4n) is 2.38. The van der Waals surface area contributed by atoms with E-state index in [1.165, 1.54) is 21.7 Å². The van der Waals surface area contributed by atoms with E-state index in [4.69, 9.17) is 0 Å². The molecule has 0 N–H and O–H groups in total. The Labute approximate surface area is 115 Å². The van der Waals surface area contributed by atoms with Gasteiger partial charge in [0.1, 0.15) is 0 Å². The van der Waals surface area contributed by atoms with Gasteiger partial charge in [-0.3, -0.25) is 0 Å². The summed E-state index contributed by atoms with van der Waals surface area (Å²) in [6.07, 6.45) is 0. The van der Waals surface area contributed by atoms with Crippen molar-refractivity contribution < 1.29 is 0 Å². The van der Waals surface area contributed by atoms with Crippen molar-refractivity contribution in [2.45, 2.75) is 29.2 Å². The van der Waals surface area contributed by atoms with Crippen molar-refractivity contribution in [3.05, 3.63) is 71.8 Å². The van der Waals surface area contributed by atoms with Gasteiger partial charge in [0, 0.05) is 0 Å². The molecule has 0 radical (unpaired) electrons. The highest BCUT2D eigenvalue weighted by atomic mass is 27.2. The summed E-state index contributed by atoms with van der Waals surface area (Å²) in [5, 5.41) is 2.63. The van der Waals surface area contributed by atoms with Crippen LogP contribution in [0.1, 0.15) is 25.0 Å². The Balaban J connectivity index is 2.05. The predicted molar refractivity (Wildman–Crippen MR) is 81.1 cm³/mol. The molecule has 0 heterocycles. The van der Waals surface area contributed by atoms with Gasteiger partial charge in [0.05, 0.1) is 0 Å². The maximum atomic E-state index is 2.39. The summed E-state index contributed by atoms with van der Waals surface area (Å²) in [7, 11) is 0. The molecule has 0 fully saturated rings. The van der Waals surface area contributed by atoms with Gasteiger partial charge in [0.25, 0.3) is 14.1 Å². The summed E-state index contributed by atoms with van der Waals surface area (Å²) in [6, 6.07) is 21.9. The van der Waals surface area contributed by atoms with Crippen LogP contribution >= 0.6 is 0 Å². The molecule has 0 aromatic heterocycles. The molecule has 92 valence electrons. The Morgan fingerprint density at radius 1 is 0.722 bits per heavy atom. The van der Waals surface area contributed by atoms with Crippen LogP contribution in [-0.2, 0) is 10.6 Å². The Bertz CT molecular complexity index is 406. The highest BCUT2D eigenvalue weighted by Gasteiger charge is 2.21. The fourth-order valence-corrected chi connectivity index (χ4v) is 5.22. The van der Waals surface area contributed by atoms with Gasteiger partial charge in [-0.25, -0.2) is 0 Å². The molecule has 0 spiro atoms. The minimum absolute atomic E-state index is 0.760. The van der Waals surface area contributed by atoms with Gasteiger partial charge in [0.15, 0.2) is 0 Å². The largest absolute Gasteiger partial charge is 0.275 e. The minimum Gasteiger partial charge on any atom is -0.0872 e. The third kappa shape index (κ3) is 4.02. The van der Waals surface area contributed by atoms with E-state index in [2.05, 4.69) is 74.5 Å². The molecule has 0 aliphatic heterocycles. The van der Waals surface area contributed by atoms with E-state index in [-0.39, 0.29) is 0 Å². The molecule has 0 saturated heterocycles. The molecule has 0 saturated carbocycles. The number of hydrogen-bond acceptors (Lipinski definition) is 0. The number of rotatable bonds is 5. The van der Waals surface area contributed by atoms with Crippen LogP contribution < -0.4 is 0 Å². The topological polar surface area (TPSA) is 0 Å². The second-order valence-corrected chi connectivity index (χ2v) is 9.05. The molecule has 2 rings (SSSR count). The van der Waals surface area contributed by atoms with Gasteiger partial charge >= 0.3 is 0 Å². The van der Waals surface area contributed by atoms with Crippen LogP contribution in [0.2, 0.25) is 4.78 Å². The fraction of sp³-hybridized carbons (Fsp3) is 0.294. The molecular formula is C17H21Al. The Morgan fingerprint density at radius 2 is 1.11 bits per heavy atom. The van der Waals surface area contributed by atoms with Gasteiger partial charge < -0.3 is 0 Å². The first-order valence-electron chi connectivity index (χ1n) is 6.83. The quantitative estimate of drug-likeness (QED) is 0.689. The van der Waals surface area contributed by atoms with Crippen LogP contribution in [0.25, 0.3) is 0 Å². The van der Waals surface area contributed by atoms with Crippen LogP contribution in [0.3, 0.4) is 0 Å².